The number of nitrogens with two attached hydrogens (primary N) is 1. The lowest BCUT2D eigenvalue weighted by Gasteiger charge is -2.25. The van der Waals surface area contributed by atoms with Gasteiger partial charge in [-0.3, -0.25) is 4.79 Å². The molecule has 82 valence electrons. The minimum absolute atomic E-state index is 0.178. The summed E-state index contributed by atoms with van der Waals surface area (Å²) >= 11 is 1.55. The third-order valence-corrected chi connectivity index (χ3v) is 3.76. The van der Waals surface area contributed by atoms with Gasteiger partial charge in [-0.1, -0.05) is 6.42 Å². The van der Waals surface area contributed by atoms with Gasteiger partial charge in [0, 0.05) is 23.5 Å². The molecule has 15 heavy (non-hydrogen) atoms. The fourth-order valence-electron chi connectivity index (χ4n) is 2.15. The van der Waals surface area contributed by atoms with Crippen molar-refractivity contribution in [1.82, 2.24) is 4.98 Å². The Kier molecular flexibility index (Phi) is 3.49. The maximum atomic E-state index is 11.9. The summed E-state index contributed by atoms with van der Waals surface area (Å²) in [5.41, 5.74) is 5.87. The van der Waals surface area contributed by atoms with Gasteiger partial charge in [0.05, 0.1) is 11.4 Å². The molecule has 0 radical (unpaired) electrons. The number of thiazole rings is 1. The van der Waals surface area contributed by atoms with Crippen molar-refractivity contribution < 1.29 is 4.79 Å². The Labute approximate surface area is 93.7 Å². The maximum Gasteiger partial charge on any atom is 0.142 e. The van der Waals surface area contributed by atoms with E-state index >= 15 is 0 Å². The Morgan fingerprint density at radius 2 is 2.47 bits per heavy atom. The van der Waals surface area contributed by atoms with E-state index in [0.29, 0.717) is 12.2 Å². The molecular formula is C11H16N2OS. The fourth-order valence-corrected chi connectivity index (χ4v) is 2.78. The van der Waals surface area contributed by atoms with Gasteiger partial charge < -0.3 is 5.73 Å². The molecule has 1 aliphatic carbocycles. The SMILES string of the molecule is NC1CCCC(C(=O)Cc2nccs2)C1. The van der Waals surface area contributed by atoms with Gasteiger partial charge in [-0.05, 0) is 19.3 Å². The summed E-state index contributed by atoms with van der Waals surface area (Å²) in [4.78, 5) is 16.1. The Bertz CT molecular complexity index is 323. The molecule has 0 saturated heterocycles. The maximum absolute atomic E-state index is 11.9. The molecule has 2 N–H and O–H groups in total. The third kappa shape index (κ3) is 2.86. The summed E-state index contributed by atoms with van der Waals surface area (Å²) in [5, 5.41) is 2.84. The average molecular weight is 224 g/mol. The van der Waals surface area contributed by atoms with E-state index in [1.165, 1.54) is 0 Å². The number of ketones is 1. The second kappa shape index (κ2) is 4.86. The smallest absolute Gasteiger partial charge is 0.142 e. The first kappa shape index (κ1) is 10.8. The van der Waals surface area contributed by atoms with Crippen LogP contribution in [0.2, 0.25) is 0 Å². The molecule has 1 aromatic heterocycles. The normalized spacial score (nSPS) is 26.5. The minimum Gasteiger partial charge on any atom is -0.328 e. The summed E-state index contributed by atoms with van der Waals surface area (Å²) in [6, 6.07) is 0.226. The van der Waals surface area contributed by atoms with Gasteiger partial charge in [0.2, 0.25) is 0 Å². The predicted molar refractivity (Wildman–Crippen MR) is 60.8 cm³/mol. The molecule has 1 saturated carbocycles. The molecule has 2 atom stereocenters. The van der Waals surface area contributed by atoms with Crippen molar-refractivity contribution in [3.63, 3.8) is 0 Å². The van der Waals surface area contributed by atoms with Gasteiger partial charge in [0.15, 0.2) is 0 Å². The molecule has 0 spiro atoms. The summed E-state index contributed by atoms with van der Waals surface area (Å²) in [5.74, 6) is 0.498. The zero-order valence-electron chi connectivity index (χ0n) is 8.69. The van der Waals surface area contributed by atoms with E-state index in [4.69, 9.17) is 5.73 Å². The molecular weight excluding hydrogens is 208 g/mol. The van der Waals surface area contributed by atoms with Crippen LogP contribution < -0.4 is 5.73 Å². The topological polar surface area (TPSA) is 56.0 Å². The predicted octanol–water partition coefficient (Wildman–Crippen LogP) is 1.77. The van der Waals surface area contributed by atoms with Crippen LogP contribution >= 0.6 is 11.3 Å². The number of rotatable bonds is 3. The van der Waals surface area contributed by atoms with Crippen molar-refractivity contribution in [2.24, 2.45) is 11.7 Å². The largest absolute Gasteiger partial charge is 0.328 e. The molecule has 0 bridgehead atoms. The van der Waals surface area contributed by atoms with Crippen molar-refractivity contribution >= 4 is 17.1 Å². The van der Waals surface area contributed by atoms with Crippen LogP contribution in [-0.2, 0) is 11.2 Å². The first-order valence-electron chi connectivity index (χ1n) is 5.42. The monoisotopic (exact) mass is 224 g/mol. The summed E-state index contributed by atoms with van der Waals surface area (Å²) in [6.45, 7) is 0. The zero-order chi connectivity index (χ0) is 10.7. The fraction of sp³-hybridized carbons (Fsp3) is 0.636. The highest BCUT2D eigenvalue weighted by molar-refractivity contribution is 7.09. The van der Waals surface area contributed by atoms with Gasteiger partial charge in [-0.15, -0.1) is 11.3 Å². The number of aromatic nitrogens is 1. The average Bonchev–Trinajstić information content (AvgIpc) is 2.70. The van der Waals surface area contributed by atoms with E-state index in [2.05, 4.69) is 4.98 Å². The van der Waals surface area contributed by atoms with E-state index in [0.717, 1.165) is 30.7 Å². The van der Waals surface area contributed by atoms with Crippen LogP contribution in [0.25, 0.3) is 0 Å². The molecule has 1 fully saturated rings. The van der Waals surface area contributed by atoms with Crippen LogP contribution in [0.5, 0.6) is 0 Å². The zero-order valence-corrected chi connectivity index (χ0v) is 9.50. The van der Waals surface area contributed by atoms with E-state index in [1.54, 1.807) is 17.5 Å². The standard InChI is InChI=1S/C11H16N2OS/c12-9-3-1-2-8(6-9)10(14)7-11-13-4-5-15-11/h4-5,8-9H,1-3,6-7,12H2. The lowest BCUT2D eigenvalue weighted by atomic mass is 9.83. The second-order valence-corrected chi connectivity index (χ2v) is 5.17. The van der Waals surface area contributed by atoms with Crippen LogP contribution in [0.1, 0.15) is 30.7 Å². The molecule has 3 nitrogen and oxygen atoms in total. The molecule has 1 heterocycles. The first-order valence-corrected chi connectivity index (χ1v) is 6.30. The lowest BCUT2D eigenvalue weighted by molar-refractivity contribution is -0.123. The van der Waals surface area contributed by atoms with Gasteiger partial charge in [-0.2, -0.15) is 0 Å². The molecule has 0 amide bonds. The Hall–Kier alpha value is -0.740. The molecule has 2 rings (SSSR count). The number of carbonyl (C=O) groups is 1. The van der Waals surface area contributed by atoms with E-state index in [1.807, 2.05) is 5.38 Å². The Balaban J connectivity index is 1.90. The van der Waals surface area contributed by atoms with Crippen molar-refractivity contribution in [2.45, 2.75) is 38.1 Å². The third-order valence-electron chi connectivity index (χ3n) is 2.98. The number of nitrogens with zero attached hydrogens (tertiary/aromatic N) is 1. The van der Waals surface area contributed by atoms with Gasteiger partial charge in [-0.25, -0.2) is 4.98 Å². The lowest BCUT2D eigenvalue weighted by Crippen LogP contribution is -2.32. The van der Waals surface area contributed by atoms with Crippen LogP contribution in [0, 0.1) is 5.92 Å². The summed E-state index contributed by atoms with van der Waals surface area (Å²) in [7, 11) is 0. The number of hydrogen-bond donors (Lipinski definition) is 1. The number of carbonyl (C=O) groups excluding carboxylic acids is 1. The van der Waals surface area contributed by atoms with E-state index in [9.17, 15) is 4.79 Å². The molecule has 4 heteroatoms. The summed E-state index contributed by atoms with van der Waals surface area (Å²) in [6.07, 6.45) is 6.29. The van der Waals surface area contributed by atoms with Crippen molar-refractivity contribution in [3.05, 3.63) is 16.6 Å². The quantitative estimate of drug-likeness (QED) is 0.851. The number of hydrogen-bond acceptors (Lipinski definition) is 4. The van der Waals surface area contributed by atoms with E-state index in [-0.39, 0.29) is 12.0 Å². The summed E-state index contributed by atoms with van der Waals surface area (Å²) < 4.78 is 0. The van der Waals surface area contributed by atoms with E-state index < -0.39 is 0 Å². The Morgan fingerprint density at radius 3 is 3.13 bits per heavy atom. The molecule has 2 unspecified atom stereocenters. The molecule has 0 aliphatic heterocycles. The highest BCUT2D eigenvalue weighted by atomic mass is 32.1. The minimum atomic E-state index is 0.178. The van der Waals surface area contributed by atoms with Crippen molar-refractivity contribution in [3.8, 4) is 0 Å². The van der Waals surface area contributed by atoms with Crippen LogP contribution in [0.3, 0.4) is 0 Å². The molecule has 1 aliphatic rings. The number of Topliss-reactive ketones (excluding diaryl/α,β-unsaturated/α-hetero) is 1. The molecule has 1 aromatic rings. The Morgan fingerprint density at radius 1 is 1.60 bits per heavy atom. The second-order valence-electron chi connectivity index (χ2n) is 4.19. The van der Waals surface area contributed by atoms with Gasteiger partial charge >= 0.3 is 0 Å². The van der Waals surface area contributed by atoms with Crippen LogP contribution in [0.15, 0.2) is 11.6 Å². The molecule has 0 aromatic carbocycles. The van der Waals surface area contributed by atoms with Crippen molar-refractivity contribution in [1.29, 1.82) is 0 Å². The van der Waals surface area contributed by atoms with Crippen molar-refractivity contribution in [2.75, 3.05) is 0 Å². The first-order chi connectivity index (χ1) is 7.25. The highest BCUT2D eigenvalue weighted by Crippen LogP contribution is 2.25. The van der Waals surface area contributed by atoms with Gasteiger partial charge in [0.1, 0.15) is 5.78 Å². The van der Waals surface area contributed by atoms with Crippen LogP contribution in [-0.4, -0.2) is 16.8 Å². The van der Waals surface area contributed by atoms with Crippen LogP contribution in [0.4, 0.5) is 0 Å². The van der Waals surface area contributed by atoms with Gasteiger partial charge in [0.25, 0.3) is 0 Å². The highest BCUT2D eigenvalue weighted by Gasteiger charge is 2.25.